The maximum absolute atomic E-state index is 12.2. The molecule has 0 saturated carbocycles. The van der Waals surface area contributed by atoms with Crippen molar-refractivity contribution in [3.63, 3.8) is 0 Å². The van der Waals surface area contributed by atoms with Crippen LogP contribution in [-0.4, -0.2) is 42.5 Å². The van der Waals surface area contributed by atoms with E-state index in [1.165, 1.54) is 11.1 Å². The summed E-state index contributed by atoms with van der Waals surface area (Å²) in [4.78, 5) is 29.8. The van der Waals surface area contributed by atoms with Gasteiger partial charge in [0, 0.05) is 32.2 Å². The van der Waals surface area contributed by atoms with Gasteiger partial charge in [-0.25, -0.2) is 4.79 Å². The molecule has 0 radical (unpaired) electrons. The number of ether oxygens (including phenoxy) is 1. The van der Waals surface area contributed by atoms with Crippen molar-refractivity contribution >= 4 is 23.3 Å². The average Bonchev–Trinajstić information content (AvgIpc) is 2.62. The van der Waals surface area contributed by atoms with Crippen molar-refractivity contribution in [3.05, 3.63) is 53.9 Å². The van der Waals surface area contributed by atoms with Crippen molar-refractivity contribution in [1.82, 2.24) is 9.88 Å². The molecule has 0 aliphatic heterocycles. The first-order valence-electron chi connectivity index (χ1n) is 8.22. The number of carbonyl (C=O) groups excluding carboxylic acids is 2. The second-order valence-corrected chi connectivity index (χ2v) is 5.82. The molecule has 2 aromatic rings. The van der Waals surface area contributed by atoms with Crippen LogP contribution >= 0.6 is 0 Å². The van der Waals surface area contributed by atoms with Crippen molar-refractivity contribution in [1.29, 1.82) is 0 Å². The monoisotopic (exact) mass is 341 g/mol. The quantitative estimate of drug-likeness (QED) is 0.616. The van der Waals surface area contributed by atoms with E-state index in [4.69, 9.17) is 4.74 Å². The summed E-state index contributed by atoms with van der Waals surface area (Å²) in [5.41, 5.74) is 2.26. The average molecular weight is 341 g/mol. The molecule has 1 heterocycles. The highest BCUT2D eigenvalue weighted by Crippen LogP contribution is 2.22. The Morgan fingerprint density at radius 2 is 2.04 bits per heavy atom. The van der Waals surface area contributed by atoms with E-state index in [0.29, 0.717) is 29.1 Å². The molecule has 0 aliphatic rings. The molecule has 1 amide bonds. The number of benzene rings is 1. The highest BCUT2D eigenvalue weighted by atomic mass is 16.5. The van der Waals surface area contributed by atoms with Gasteiger partial charge >= 0.3 is 5.97 Å². The van der Waals surface area contributed by atoms with E-state index in [0.717, 1.165) is 12.8 Å². The maximum Gasteiger partial charge on any atom is 0.338 e. The molecule has 0 bridgehead atoms. The molecule has 1 N–H and O–H groups in total. The van der Waals surface area contributed by atoms with Gasteiger partial charge < -0.3 is 15.0 Å². The van der Waals surface area contributed by atoms with Crippen molar-refractivity contribution in [2.24, 2.45) is 0 Å². The Labute approximate surface area is 147 Å². The molecular weight excluding hydrogens is 318 g/mol. The fraction of sp³-hybridized carbons (Fsp3) is 0.316. The molecular formula is C19H23N3O3. The molecule has 0 spiro atoms. The van der Waals surface area contributed by atoms with E-state index in [1.54, 1.807) is 44.6 Å². The summed E-state index contributed by atoms with van der Waals surface area (Å²) < 4.78 is 5.23. The number of hydrogen-bond acceptors (Lipinski definition) is 5. The molecule has 0 fully saturated rings. The third kappa shape index (κ3) is 5.04. The number of nitrogens with zero attached hydrogens (tertiary/aromatic N) is 2. The van der Waals surface area contributed by atoms with Gasteiger partial charge in [-0.15, -0.1) is 0 Å². The Kier molecular flexibility index (Phi) is 6.51. The van der Waals surface area contributed by atoms with Gasteiger partial charge in [0.15, 0.2) is 0 Å². The van der Waals surface area contributed by atoms with E-state index < -0.39 is 0 Å². The van der Waals surface area contributed by atoms with Gasteiger partial charge in [0.25, 0.3) is 5.91 Å². The van der Waals surface area contributed by atoms with Gasteiger partial charge in [0.05, 0.1) is 23.4 Å². The lowest BCUT2D eigenvalue weighted by atomic mass is 10.1. The summed E-state index contributed by atoms with van der Waals surface area (Å²) in [5, 5.41) is 3.18. The zero-order valence-corrected chi connectivity index (χ0v) is 14.8. The normalized spacial score (nSPS) is 10.2. The molecule has 0 atom stereocenters. The molecule has 1 aromatic carbocycles. The van der Waals surface area contributed by atoms with Gasteiger partial charge in [0.1, 0.15) is 0 Å². The number of esters is 1. The van der Waals surface area contributed by atoms with Gasteiger partial charge in [-0.05, 0) is 30.7 Å². The number of aromatic nitrogens is 1. The van der Waals surface area contributed by atoms with Crippen molar-refractivity contribution in [2.45, 2.75) is 19.8 Å². The number of anilines is 2. The van der Waals surface area contributed by atoms with Crippen molar-refractivity contribution in [2.75, 3.05) is 26.0 Å². The minimum atomic E-state index is -0.351. The van der Waals surface area contributed by atoms with Gasteiger partial charge in [-0.2, -0.15) is 0 Å². The minimum absolute atomic E-state index is 0.147. The molecule has 0 saturated heterocycles. The van der Waals surface area contributed by atoms with Crippen LogP contribution in [-0.2, 0) is 4.74 Å². The highest BCUT2D eigenvalue weighted by Gasteiger charge is 2.14. The Bertz CT molecular complexity index is 744. The summed E-state index contributed by atoms with van der Waals surface area (Å²) in [6.07, 6.45) is 4.95. The van der Waals surface area contributed by atoms with E-state index in [-0.39, 0.29) is 11.9 Å². The minimum Gasteiger partial charge on any atom is -0.462 e. The van der Waals surface area contributed by atoms with E-state index in [2.05, 4.69) is 10.3 Å². The van der Waals surface area contributed by atoms with Crippen LogP contribution in [0.4, 0.5) is 11.4 Å². The van der Waals surface area contributed by atoms with Gasteiger partial charge in [-0.1, -0.05) is 19.4 Å². The summed E-state index contributed by atoms with van der Waals surface area (Å²) in [6.45, 7) is 2.46. The SMILES string of the molecule is CCCCOC(=O)c1cccc(Nc2ccncc2C(=O)N(C)C)c1. The van der Waals surface area contributed by atoms with Crippen LogP contribution in [0.25, 0.3) is 0 Å². The number of nitrogens with one attached hydrogen (secondary N) is 1. The number of rotatable bonds is 7. The number of amides is 1. The predicted molar refractivity (Wildman–Crippen MR) is 97.2 cm³/mol. The van der Waals surface area contributed by atoms with Crippen LogP contribution < -0.4 is 5.32 Å². The summed E-state index contributed by atoms with van der Waals surface area (Å²) in [7, 11) is 3.37. The fourth-order valence-corrected chi connectivity index (χ4v) is 2.19. The topological polar surface area (TPSA) is 71.5 Å². The first-order chi connectivity index (χ1) is 12.0. The Morgan fingerprint density at radius 3 is 2.76 bits per heavy atom. The van der Waals surface area contributed by atoms with Crippen LogP contribution in [0.2, 0.25) is 0 Å². The highest BCUT2D eigenvalue weighted by molar-refractivity contribution is 6.00. The number of carbonyl (C=O) groups is 2. The molecule has 1 aromatic heterocycles. The van der Waals surface area contributed by atoms with E-state index in [9.17, 15) is 9.59 Å². The van der Waals surface area contributed by atoms with Crippen molar-refractivity contribution < 1.29 is 14.3 Å². The zero-order chi connectivity index (χ0) is 18.2. The lowest BCUT2D eigenvalue weighted by Crippen LogP contribution is -2.22. The summed E-state index contributed by atoms with van der Waals surface area (Å²) >= 11 is 0. The largest absolute Gasteiger partial charge is 0.462 e. The maximum atomic E-state index is 12.2. The molecule has 6 heteroatoms. The Balaban J connectivity index is 2.18. The Hall–Kier alpha value is -2.89. The van der Waals surface area contributed by atoms with Crippen LogP contribution in [0.3, 0.4) is 0 Å². The van der Waals surface area contributed by atoms with Gasteiger partial charge in [-0.3, -0.25) is 9.78 Å². The molecule has 132 valence electrons. The summed E-state index contributed by atoms with van der Waals surface area (Å²) in [5.74, 6) is -0.498. The fourth-order valence-electron chi connectivity index (χ4n) is 2.19. The van der Waals surface area contributed by atoms with Gasteiger partial charge in [0.2, 0.25) is 0 Å². The summed E-state index contributed by atoms with van der Waals surface area (Å²) in [6, 6.07) is 8.74. The molecule has 25 heavy (non-hydrogen) atoms. The zero-order valence-electron chi connectivity index (χ0n) is 14.8. The molecule has 6 nitrogen and oxygen atoms in total. The third-order valence-electron chi connectivity index (χ3n) is 3.57. The third-order valence-corrected chi connectivity index (χ3v) is 3.57. The van der Waals surface area contributed by atoms with E-state index in [1.807, 2.05) is 13.0 Å². The van der Waals surface area contributed by atoms with Crippen LogP contribution in [0.5, 0.6) is 0 Å². The van der Waals surface area contributed by atoms with Crippen molar-refractivity contribution in [3.8, 4) is 0 Å². The van der Waals surface area contributed by atoms with Crippen LogP contribution in [0.15, 0.2) is 42.7 Å². The number of pyridine rings is 1. The smallest absolute Gasteiger partial charge is 0.338 e. The standard InChI is InChI=1S/C19H23N3O3/c1-4-5-11-25-19(24)14-7-6-8-15(12-14)21-17-9-10-20-13-16(17)18(23)22(2)3/h6-10,12-13H,4-5,11H2,1-3H3,(H,20,21). The predicted octanol–water partition coefficient (Wildman–Crippen LogP) is 3.48. The number of hydrogen-bond donors (Lipinski definition) is 1. The first-order valence-corrected chi connectivity index (χ1v) is 8.22. The molecule has 0 unspecified atom stereocenters. The lowest BCUT2D eigenvalue weighted by Gasteiger charge is -2.15. The van der Waals surface area contributed by atoms with Crippen LogP contribution in [0, 0.1) is 0 Å². The second kappa shape index (κ2) is 8.82. The molecule has 2 rings (SSSR count). The van der Waals surface area contributed by atoms with Crippen LogP contribution in [0.1, 0.15) is 40.5 Å². The second-order valence-electron chi connectivity index (χ2n) is 5.82. The lowest BCUT2D eigenvalue weighted by molar-refractivity contribution is 0.0499. The Morgan fingerprint density at radius 1 is 1.24 bits per heavy atom. The molecule has 0 aliphatic carbocycles. The number of unbranched alkanes of at least 4 members (excludes halogenated alkanes) is 1. The van der Waals surface area contributed by atoms with E-state index >= 15 is 0 Å². The first kappa shape index (κ1) is 18.4.